The molecular formula is C19H23N5O5. The molecule has 154 valence electrons. The fourth-order valence-electron chi connectivity index (χ4n) is 4.00. The van der Waals surface area contributed by atoms with Crippen LogP contribution >= 0.6 is 0 Å². The van der Waals surface area contributed by atoms with Crippen molar-refractivity contribution in [2.24, 2.45) is 5.41 Å². The number of nitrogen functional groups attached to an aromatic ring is 1. The summed E-state index contributed by atoms with van der Waals surface area (Å²) in [5.74, 6) is -0.202. The molecule has 4 atom stereocenters. The summed E-state index contributed by atoms with van der Waals surface area (Å²) in [7, 11) is 0. The van der Waals surface area contributed by atoms with E-state index in [1.165, 1.54) is 10.8 Å². The van der Waals surface area contributed by atoms with Crippen LogP contribution in [0.5, 0.6) is 0 Å². The molecule has 10 heteroatoms. The number of esters is 1. The van der Waals surface area contributed by atoms with E-state index >= 15 is 0 Å². The zero-order valence-electron chi connectivity index (χ0n) is 16.0. The number of carbonyl (C=O) groups is 1. The monoisotopic (exact) mass is 401 g/mol. The van der Waals surface area contributed by atoms with Crippen LogP contribution in [-0.2, 0) is 14.3 Å². The van der Waals surface area contributed by atoms with Gasteiger partial charge in [-0.25, -0.2) is 16.1 Å². The second-order valence-electron chi connectivity index (χ2n) is 8.13. The van der Waals surface area contributed by atoms with Gasteiger partial charge >= 0.3 is 11.7 Å². The minimum Gasteiger partial charge on any atom is -0.454 e. The lowest BCUT2D eigenvalue weighted by Crippen LogP contribution is -2.45. The second kappa shape index (κ2) is 6.95. The Morgan fingerprint density at radius 1 is 1.48 bits per heavy atom. The van der Waals surface area contributed by atoms with E-state index in [0.29, 0.717) is 11.2 Å². The molecule has 0 spiro atoms. The first kappa shape index (κ1) is 19.6. The van der Waals surface area contributed by atoms with Crippen molar-refractivity contribution in [2.75, 3.05) is 12.3 Å². The number of ether oxygens (including phenoxy) is 2. The van der Waals surface area contributed by atoms with Crippen molar-refractivity contribution in [3.8, 4) is 0 Å². The quantitative estimate of drug-likeness (QED) is 0.495. The minimum atomic E-state index is -1.90. The van der Waals surface area contributed by atoms with Crippen molar-refractivity contribution in [1.29, 1.82) is 0 Å². The molecule has 0 radical (unpaired) electrons. The first-order chi connectivity index (χ1) is 13.8. The average Bonchev–Trinajstić information content (AvgIpc) is 3.21. The molecule has 10 nitrogen and oxygen atoms in total. The van der Waals surface area contributed by atoms with E-state index in [9.17, 15) is 15.0 Å². The molecule has 3 heterocycles. The molecule has 1 saturated heterocycles. The molecule has 2 aliphatic rings. The number of aromatic nitrogens is 3. The summed E-state index contributed by atoms with van der Waals surface area (Å²) < 4.78 is 12.5. The molecule has 0 amide bonds. The highest BCUT2D eigenvalue weighted by atomic mass is 16.6. The average molecular weight is 401 g/mol. The third-order valence-electron chi connectivity index (χ3n) is 5.99. The van der Waals surface area contributed by atoms with Crippen molar-refractivity contribution in [3.63, 3.8) is 0 Å². The number of aliphatic hydroxyl groups is 2. The Morgan fingerprint density at radius 3 is 2.90 bits per heavy atom. The molecule has 2 aromatic heterocycles. The maximum absolute atomic E-state index is 12.2. The molecule has 0 bridgehead atoms. The number of nitrogens with two attached hydrogens (primary N) is 1. The van der Waals surface area contributed by atoms with Crippen LogP contribution in [0.25, 0.3) is 10.4 Å². The maximum Gasteiger partial charge on any atom is 0.400 e. The smallest absolute Gasteiger partial charge is 0.400 e. The first-order valence-corrected chi connectivity index (χ1v) is 9.45. The standard InChI is InChI=1S/C19H23N5O5/c1-18(6-3-7-18)8-13(25)28-9-19(21-2)16(27)14(26)15(29-19)11-4-5-12-17(20)22-10-23-24(11)12/h4-5,10,14-16,26-27H,3,6-9H2,1H3,(H2,20,22,23)/t14-,15-,16-,19+/m0/s1. The Hall–Kier alpha value is -2.74. The first-order valence-electron chi connectivity index (χ1n) is 9.45. The molecular weight excluding hydrogens is 378 g/mol. The van der Waals surface area contributed by atoms with Crippen LogP contribution in [0.3, 0.4) is 0 Å². The van der Waals surface area contributed by atoms with E-state index in [4.69, 9.17) is 21.8 Å². The number of hydrogen-bond acceptors (Lipinski definition) is 8. The molecule has 2 fully saturated rings. The number of aliphatic hydroxyl groups excluding tert-OH is 2. The Labute approximate surface area is 167 Å². The molecule has 2 aromatic rings. The van der Waals surface area contributed by atoms with Crippen molar-refractivity contribution in [3.05, 3.63) is 35.6 Å². The fraction of sp³-hybridized carbons (Fsp3) is 0.579. The van der Waals surface area contributed by atoms with Gasteiger partial charge in [0, 0.05) is 0 Å². The van der Waals surface area contributed by atoms with Crippen LogP contribution < -0.4 is 5.73 Å². The number of hydrogen-bond donors (Lipinski definition) is 3. The topological polar surface area (TPSA) is 137 Å². The lowest BCUT2D eigenvalue weighted by atomic mass is 9.68. The van der Waals surface area contributed by atoms with Gasteiger partial charge in [0.05, 0.1) is 12.1 Å². The van der Waals surface area contributed by atoms with E-state index in [1.54, 1.807) is 12.1 Å². The Bertz CT molecular complexity index is 981. The normalized spacial score (nSPS) is 30.6. The Balaban J connectivity index is 1.53. The van der Waals surface area contributed by atoms with Crippen LogP contribution in [-0.4, -0.2) is 55.3 Å². The van der Waals surface area contributed by atoms with Crippen molar-refractivity contribution in [1.82, 2.24) is 14.6 Å². The van der Waals surface area contributed by atoms with E-state index in [2.05, 4.69) is 14.9 Å². The number of rotatable bonds is 5. The van der Waals surface area contributed by atoms with Gasteiger partial charge in [0.25, 0.3) is 0 Å². The van der Waals surface area contributed by atoms with Crippen LogP contribution in [0.2, 0.25) is 0 Å². The van der Waals surface area contributed by atoms with Gasteiger partial charge in [-0.1, -0.05) is 13.3 Å². The summed E-state index contributed by atoms with van der Waals surface area (Å²) in [5, 5.41) is 25.2. The van der Waals surface area contributed by atoms with Gasteiger partial charge in [0.1, 0.15) is 24.1 Å². The predicted molar refractivity (Wildman–Crippen MR) is 100 cm³/mol. The number of anilines is 1. The minimum absolute atomic E-state index is 0.0654. The van der Waals surface area contributed by atoms with Gasteiger partial charge < -0.3 is 20.7 Å². The summed E-state index contributed by atoms with van der Waals surface area (Å²) in [5.41, 5.74) is 4.77. The molecule has 4 N–H and O–H groups in total. The second-order valence-corrected chi connectivity index (χ2v) is 8.13. The summed E-state index contributed by atoms with van der Waals surface area (Å²) in [6, 6.07) is 3.29. The van der Waals surface area contributed by atoms with Crippen molar-refractivity contribution < 1.29 is 24.5 Å². The van der Waals surface area contributed by atoms with Gasteiger partial charge in [-0.3, -0.25) is 14.4 Å². The molecule has 0 unspecified atom stereocenters. The van der Waals surface area contributed by atoms with Gasteiger partial charge in [0.2, 0.25) is 0 Å². The van der Waals surface area contributed by atoms with Crippen LogP contribution in [0.15, 0.2) is 18.5 Å². The summed E-state index contributed by atoms with van der Waals surface area (Å²) in [6.07, 6.45) is 0.480. The van der Waals surface area contributed by atoms with Crippen LogP contribution in [0.1, 0.15) is 44.4 Å². The molecule has 1 aliphatic carbocycles. The van der Waals surface area contributed by atoms with Gasteiger partial charge in [-0.15, -0.1) is 0 Å². The fourth-order valence-corrected chi connectivity index (χ4v) is 4.00. The van der Waals surface area contributed by atoms with E-state index < -0.39 is 36.6 Å². The largest absolute Gasteiger partial charge is 0.454 e. The zero-order chi connectivity index (χ0) is 20.8. The van der Waals surface area contributed by atoms with E-state index in [0.717, 1.165) is 19.3 Å². The Kier molecular flexibility index (Phi) is 4.69. The molecule has 0 aromatic carbocycles. The van der Waals surface area contributed by atoms with Gasteiger partial charge in [-0.05, 0) is 30.4 Å². The van der Waals surface area contributed by atoms with Crippen molar-refractivity contribution in [2.45, 2.75) is 56.6 Å². The maximum atomic E-state index is 12.2. The highest BCUT2D eigenvalue weighted by molar-refractivity contribution is 5.70. The predicted octanol–water partition coefficient (Wildman–Crippen LogP) is 0.844. The van der Waals surface area contributed by atoms with E-state index in [1.807, 2.05) is 6.92 Å². The summed E-state index contributed by atoms with van der Waals surface area (Å²) in [4.78, 5) is 19.5. The summed E-state index contributed by atoms with van der Waals surface area (Å²) >= 11 is 0. The molecule has 4 rings (SSSR count). The third-order valence-corrected chi connectivity index (χ3v) is 5.99. The highest BCUT2D eigenvalue weighted by Crippen LogP contribution is 2.44. The third kappa shape index (κ3) is 3.21. The molecule has 1 aliphatic heterocycles. The number of nitrogens with zero attached hydrogens (tertiary/aromatic N) is 4. The Morgan fingerprint density at radius 2 is 2.24 bits per heavy atom. The SMILES string of the molecule is [C-]#[N+][C@]1(COC(=O)CC2(C)CCC2)O[C@@H](c2ccc3c(N)ncnn23)[C@H](O)[C@@H]1O. The highest BCUT2D eigenvalue weighted by Gasteiger charge is 2.62. The van der Waals surface area contributed by atoms with Gasteiger partial charge in [-0.2, -0.15) is 5.10 Å². The molecule has 1 saturated carbocycles. The number of fused-ring (bicyclic) bond motifs is 1. The van der Waals surface area contributed by atoms with E-state index in [-0.39, 0.29) is 17.7 Å². The lowest BCUT2D eigenvalue weighted by molar-refractivity contribution is -0.159. The van der Waals surface area contributed by atoms with Crippen LogP contribution in [0, 0.1) is 12.0 Å². The zero-order valence-corrected chi connectivity index (χ0v) is 16.0. The van der Waals surface area contributed by atoms with Crippen molar-refractivity contribution >= 4 is 17.3 Å². The van der Waals surface area contributed by atoms with Crippen LogP contribution in [0.4, 0.5) is 5.82 Å². The molecule has 29 heavy (non-hydrogen) atoms. The van der Waals surface area contributed by atoms with Gasteiger partial charge in [0.15, 0.2) is 18.5 Å². The number of carbonyl (C=O) groups excluding carboxylic acids is 1. The lowest BCUT2D eigenvalue weighted by Gasteiger charge is -2.37. The summed E-state index contributed by atoms with van der Waals surface area (Å²) in [6.45, 7) is 9.09.